The second-order valence-electron chi connectivity index (χ2n) is 6.21. The van der Waals surface area contributed by atoms with Crippen molar-refractivity contribution in [1.29, 1.82) is 0 Å². The lowest BCUT2D eigenvalue weighted by Crippen LogP contribution is -2.55. The smallest absolute Gasteiger partial charge is 0.410 e. The van der Waals surface area contributed by atoms with Crippen molar-refractivity contribution >= 4 is 12.0 Å². The van der Waals surface area contributed by atoms with Gasteiger partial charge in [0.25, 0.3) is 0 Å². The summed E-state index contributed by atoms with van der Waals surface area (Å²) in [5.74, 6) is 0.600. The summed E-state index contributed by atoms with van der Waals surface area (Å²) in [5, 5.41) is 9.22. The second kappa shape index (κ2) is 5.75. The van der Waals surface area contributed by atoms with Gasteiger partial charge in [0.05, 0.1) is 12.4 Å². The van der Waals surface area contributed by atoms with E-state index in [0.29, 0.717) is 25.6 Å². The molecule has 1 fully saturated rings. The van der Waals surface area contributed by atoms with Crippen LogP contribution in [0.3, 0.4) is 0 Å². The minimum absolute atomic E-state index is 0.00556. The largest absolute Gasteiger partial charge is 0.505 e. The highest BCUT2D eigenvalue weighted by atomic mass is 16.6. The molecule has 1 atom stereocenters. The van der Waals surface area contributed by atoms with Crippen molar-refractivity contribution in [3.63, 3.8) is 0 Å². The van der Waals surface area contributed by atoms with Crippen LogP contribution >= 0.6 is 0 Å². The molecule has 2 rings (SSSR count). The normalized spacial score (nSPS) is 19.5. The Hall–Kier alpha value is -2.05. The van der Waals surface area contributed by atoms with Crippen LogP contribution in [-0.4, -0.2) is 57.3 Å². The molecule has 7 nitrogen and oxygen atoms in total. The first-order valence-electron chi connectivity index (χ1n) is 7.02. The molecule has 0 aliphatic carbocycles. The minimum Gasteiger partial charge on any atom is -0.505 e. The van der Waals surface area contributed by atoms with Crippen LogP contribution in [0.2, 0.25) is 0 Å². The number of aromatic nitrogens is 2. The third-order valence-corrected chi connectivity index (χ3v) is 3.16. The fourth-order valence-electron chi connectivity index (χ4n) is 2.21. The molecule has 1 N–H and O–H groups in total. The molecule has 1 saturated heterocycles. The summed E-state index contributed by atoms with van der Waals surface area (Å²) >= 11 is 0. The topological polar surface area (TPSA) is 78.8 Å². The summed E-state index contributed by atoms with van der Waals surface area (Å²) in [4.78, 5) is 24.0. The third-order valence-electron chi connectivity index (χ3n) is 3.16. The predicted molar refractivity (Wildman–Crippen MR) is 78.3 cm³/mol. The maximum absolute atomic E-state index is 12.1. The van der Waals surface area contributed by atoms with Gasteiger partial charge in [0.2, 0.25) is 5.95 Å². The van der Waals surface area contributed by atoms with Gasteiger partial charge in [0, 0.05) is 25.7 Å². The van der Waals surface area contributed by atoms with Gasteiger partial charge in [-0.2, -0.15) is 0 Å². The van der Waals surface area contributed by atoms with Gasteiger partial charge < -0.3 is 19.6 Å². The number of hydrogen-bond acceptors (Lipinski definition) is 6. The molecule has 0 radical (unpaired) electrons. The Balaban J connectivity index is 1.99. The van der Waals surface area contributed by atoms with Crippen molar-refractivity contribution in [2.45, 2.75) is 39.3 Å². The van der Waals surface area contributed by atoms with Crippen LogP contribution in [0.25, 0.3) is 0 Å². The molecular formula is C14H22N4O3. The lowest BCUT2D eigenvalue weighted by atomic mass is 10.2. The molecule has 21 heavy (non-hydrogen) atoms. The number of amides is 1. The number of carbonyl (C=O) groups is 1. The zero-order valence-corrected chi connectivity index (χ0v) is 12.9. The van der Waals surface area contributed by atoms with Crippen molar-refractivity contribution in [1.82, 2.24) is 14.9 Å². The molecule has 1 amide bonds. The molecule has 0 bridgehead atoms. The molecular weight excluding hydrogens is 272 g/mol. The average Bonchev–Trinajstić information content (AvgIpc) is 2.37. The number of hydrogen-bond donors (Lipinski definition) is 1. The Kier molecular flexibility index (Phi) is 4.20. The maximum Gasteiger partial charge on any atom is 0.410 e. The van der Waals surface area contributed by atoms with E-state index in [9.17, 15) is 9.90 Å². The van der Waals surface area contributed by atoms with E-state index in [2.05, 4.69) is 9.97 Å². The summed E-state index contributed by atoms with van der Waals surface area (Å²) in [7, 11) is 0. The Morgan fingerprint density at radius 3 is 2.48 bits per heavy atom. The first kappa shape index (κ1) is 15.3. The molecule has 0 aromatic carbocycles. The van der Waals surface area contributed by atoms with Gasteiger partial charge in [-0.3, -0.25) is 0 Å². The molecule has 2 heterocycles. The highest BCUT2D eigenvalue weighted by Crippen LogP contribution is 2.18. The Morgan fingerprint density at radius 2 is 1.95 bits per heavy atom. The second-order valence-corrected chi connectivity index (χ2v) is 6.21. The number of piperazine rings is 1. The fraction of sp³-hybridized carbons (Fsp3) is 0.643. The summed E-state index contributed by atoms with van der Waals surface area (Å²) in [6.45, 7) is 9.36. The van der Waals surface area contributed by atoms with Crippen molar-refractivity contribution in [2.75, 3.05) is 24.5 Å². The molecule has 7 heteroatoms. The van der Waals surface area contributed by atoms with Crippen molar-refractivity contribution in [3.05, 3.63) is 12.4 Å². The van der Waals surface area contributed by atoms with Crippen LogP contribution < -0.4 is 4.90 Å². The number of anilines is 1. The fourth-order valence-corrected chi connectivity index (χ4v) is 2.21. The third kappa shape index (κ3) is 3.96. The van der Waals surface area contributed by atoms with Crippen LogP contribution in [0.15, 0.2) is 12.4 Å². The monoisotopic (exact) mass is 294 g/mol. The zero-order valence-electron chi connectivity index (χ0n) is 12.9. The molecule has 0 saturated carbocycles. The van der Waals surface area contributed by atoms with Gasteiger partial charge in [-0.1, -0.05) is 0 Å². The average molecular weight is 294 g/mol. The predicted octanol–water partition coefficient (Wildman–Crippen LogP) is 1.63. The van der Waals surface area contributed by atoms with Gasteiger partial charge in [0.15, 0.2) is 5.75 Å². The molecule has 1 aromatic heterocycles. The van der Waals surface area contributed by atoms with Crippen molar-refractivity contribution < 1.29 is 14.6 Å². The SMILES string of the molecule is C[C@H]1CN(c2ncc(O)cn2)CCN1C(=O)OC(C)(C)C. The van der Waals surface area contributed by atoms with E-state index in [1.54, 1.807) is 4.90 Å². The first-order valence-corrected chi connectivity index (χ1v) is 7.02. The first-order chi connectivity index (χ1) is 9.76. The summed E-state index contributed by atoms with van der Waals surface area (Å²) in [6, 6.07) is 0.00556. The summed E-state index contributed by atoms with van der Waals surface area (Å²) < 4.78 is 5.41. The molecule has 1 aromatic rings. The number of ether oxygens (including phenoxy) is 1. The van der Waals surface area contributed by atoms with E-state index in [0.717, 1.165) is 0 Å². The van der Waals surface area contributed by atoms with E-state index >= 15 is 0 Å². The molecule has 0 spiro atoms. The molecule has 0 unspecified atom stereocenters. The van der Waals surface area contributed by atoms with E-state index in [-0.39, 0.29) is 17.9 Å². The van der Waals surface area contributed by atoms with Gasteiger partial charge in [-0.25, -0.2) is 14.8 Å². The van der Waals surface area contributed by atoms with E-state index < -0.39 is 5.60 Å². The van der Waals surface area contributed by atoms with Crippen LogP contribution in [0.4, 0.5) is 10.7 Å². The summed E-state index contributed by atoms with van der Waals surface area (Å²) in [5.41, 5.74) is -0.492. The van der Waals surface area contributed by atoms with E-state index in [1.807, 2.05) is 32.6 Å². The lowest BCUT2D eigenvalue weighted by Gasteiger charge is -2.40. The van der Waals surface area contributed by atoms with Gasteiger partial charge in [-0.05, 0) is 27.7 Å². The van der Waals surface area contributed by atoms with Crippen molar-refractivity contribution in [3.8, 4) is 5.75 Å². The van der Waals surface area contributed by atoms with Gasteiger partial charge in [0.1, 0.15) is 5.60 Å². The Morgan fingerprint density at radius 1 is 1.33 bits per heavy atom. The van der Waals surface area contributed by atoms with E-state index in [4.69, 9.17) is 4.74 Å². The summed E-state index contributed by atoms with van der Waals surface area (Å²) in [6.07, 6.45) is 2.45. The lowest BCUT2D eigenvalue weighted by molar-refractivity contribution is 0.0158. The van der Waals surface area contributed by atoms with Crippen molar-refractivity contribution in [2.24, 2.45) is 0 Å². The number of nitrogens with zero attached hydrogens (tertiary/aromatic N) is 4. The number of rotatable bonds is 1. The molecule has 1 aliphatic heterocycles. The number of carbonyl (C=O) groups excluding carboxylic acids is 1. The maximum atomic E-state index is 12.1. The van der Waals surface area contributed by atoms with Crippen LogP contribution in [-0.2, 0) is 4.74 Å². The quantitative estimate of drug-likeness (QED) is 0.848. The number of aromatic hydroxyl groups is 1. The van der Waals surface area contributed by atoms with Gasteiger partial charge >= 0.3 is 6.09 Å². The molecule has 116 valence electrons. The Labute approximate surface area is 124 Å². The van der Waals surface area contributed by atoms with Gasteiger partial charge in [-0.15, -0.1) is 0 Å². The zero-order chi connectivity index (χ0) is 15.6. The highest BCUT2D eigenvalue weighted by molar-refractivity contribution is 5.69. The van der Waals surface area contributed by atoms with Crippen LogP contribution in [0.5, 0.6) is 5.75 Å². The van der Waals surface area contributed by atoms with E-state index in [1.165, 1.54) is 12.4 Å². The highest BCUT2D eigenvalue weighted by Gasteiger charge is 2.31. The van der Waals surface area contributed by atoms with Crippen LogP contribution in [0, 0.1) is 0 Å². The Bertz CT molecular complexity index is 498. The minimum atomic E-state index is -0.492. The van der Waals surface area contributed by atoms with Crippen LogP contribution in [0.1, 0.15) is 27.7 Å². The standard InChI is InChI=1S/C14H22N4O3/c1-10-9-17(12-15-7-11(19)8-16-12)5-6-18(10)13(20)21-14(2,3)4/h7-8,10,19H,5-6,9H2,1-4H3/t10-/m0/s1. The molecule has 1 aliphatic rings.